The fraction of sp³-hybridized carbons (Fsp3) is 0.929. The van der Waals surface area contributed by atoms with E-state index in [0.29, 0.717) is 18.7 Å². The Balaban J connectivity index is 0.00000180. The Hall–Kier alpha value is -0.320. The van der Waals surface area contributed by atoms with Gasteiger partial charge in [-0.2, -0.15) is 0 Å². The number of halogens is 1. The zero-order chi connectivity index (χ0) is 13.2. The molecule has 2 fully saturated rings. The number of hydrogen-bond donors (Lipinski definition) is 2. The smallest absolute Gasteiger partial charge is 0.224 e. The van der Waals surface area contributed by atoms with E-state index in [9.17, 15) is 4.79 Å². The number of hydrogen-bond acceptors (Lipinski definition) is 3. The number of ether oxygens (including phenoxy) is 1. The van der Waals surface area contributed by atoms with E-state index in [1.807, 2.05) is 13.8 Å². The third-order valence-corrected chi connectivity index (χ3v) is 4.80. The van der Waals surface area contributed by atoms with Gasteiger partial charge in [0.15, 0.2) is 0 Å². The number of nitrogens with two attached hydrogens (primary N) is 1. The molecule has 2 rings (SSSR count). The van der Waals surface area contributed by atoms with E-state index in [0.717, 1.165) is 13.0 Å². The lowest BCUT2D eigenvalue weighted by Gasteiger charge is -2.54. The first kappa shape index (κ1) is 16.7. The van der Waals surface area contributed by atoms with Gasteiger partial charge in [0.2, 0.25) is 5.91 Å². The quantitative estimate of drug-likeness (QED) is 0.812. The highest BCUT2D eigenvalue weighted by Crippen LogP contribution is 2.54. The van der Waals surface area contributed by atoms with Gasteiger partial charge < -0.3 is 15.8 Å². The Morgan fingerprint density at radius 1 is 1.47 bits per heavy atom. The third kappa shape index (κ3) is 3.06. The van der Waals surface area contributed by atoms with Crippen molar-refractivity contribution in [3.8, 4) is 0 Å². The molecular weight excluding hydrogens is 264 g/mol. The van der Waals surface area contributed by atoms with Gasteiger partial charge in [0.1, 0.15) is 0 Å². The molecule has 3 N–H and O–H groups in total. The minimum absolute atomic E-state index is 0. The number of carbonyl (C=O) groups excluding carboxylic acids is 1. The highest BCUT2D eigenvalue weighted by molar-refractivity contribution is 5.85. The lowest BCUT2D eigenvalue weighted by Crippen LogP contribution is -2.64. The summed E-state index contributed by atoms with van der Waals surface area (Å²) in [6.07, 6.45) is 6.24. The number of carbonyl (C=O) groups is 1. The van der Waals surface area contributed by atoms with Crippen molar-refractivity contribution in [1.29, 1.82) is 0 Å². The zero-order valence-electron chi connectivity index (χ0n) is 12.0. The largest absolute Gasteiger partial charge is 0.378 e. The Bertz CT molecular complexity index is 306. The summed E-state index contributed by atoms with van der Waals surface area (Å²) in [5.41, 5.74) is 5.76. The molecule has 1 amide bonds. The van der Waals surface area contributed by atoms with Gasteiger partial charge in [0.05, 0.1) is 6.10 Å². The van der Waals surface area contributed by atoms with Crippen LogP contribution in [0, 0.1) is 11.3 Å². The van der Waals surface area contributed by atoms with Crippen LogP contribution in [0.5, 0.6) is 0 Å². The van der Waals surface area contributed by atoms with Crippen LogP contribution < -0.4 is 11.1 Å². The van der Waals surface area contributed by atoms with Crippen LogP contribution in [0.1, 0.15) is 46.0 Å². The second kappa shape index (κ2) is 6.91. The van der Waals surface area contributed by atoms with Crippen molar-refractivity contribution in [3.63, 3.8) is 0 Å². The van der Waals surface area contributed by atoms with Gasteiger partial charge in [-0.25, -0.2) is 0 Å². The van der Waals surface area contributed by atoms with Gasteiger partial charge in [-0.3, -0.25) is 4.79 Å². The second-order valence-electron chi connectivity index (χ2n) is 5.82. The molecule has 2 saturated carbocycles. The van der Waals surface area contributed by atoms with E-state index in [1.54, 1.807) is 0 Å². The van der Waals surface area contributed by atoms with E-state index in [2.05, 4.69) is 5.32 Å². The lowest BCUT2D eigenvalue weighted by molar-refractivity contribution is -0.146. The molecule has 0 aliphatic heterocycles. The van der Waals surface area contributed by atoms with E-state index >= 15 is 0 Å². The van der Waals surface area contributed by atoms with Gasteiger partial charge in [-0.15, -0.1) is 12.4 Å². The first-order chi connectivity index (χ1) is 8.64. The SMILES string of the molecule is CCOC1CC(NC(=O)C(C)CN)C12CCCC2.Cl. The Morgan fingerprint density at radius 3 is 2.63 bits per heavy atom. The maximum absolute atomic E-state index is 11.9. The standard InChI is InChI=1S/C14H26N2O2.ClH/c1-3-18-12-8-11(14(12)6-4-5-7-14)16-13(17)10(2)9-15;/h10-12H,3-9,15H2,1-2H3,(H,16,17);1H. The molecule has 3 unspecified atom stereocenters. The summed E-state index contributed by atoms with van der Waals surface area (Å²) in [4.78, 5) is 11.9. The molecule has 0 aromatic heterocycles. The van der Waals surface area contributed by atoms with Gasteiger partial charge in [0.25, 0.3) is 0 Å². The highest BCUT2D eigenvalue weighted by atomic mass is 35.5. The maximum atomic E-state index is 11.9. The van der Waals surface area contributed by atoms with Crippen LogP contribution in [-0.2, 0) is 9.53 Å². The molecule has 112 valence electrons. The van der Waals surface area contributed by atoms with Crippen LogP contribution in [0.4, 0.5) is 0 Å². The average Bonchev–Trinajstić information content (AvgIpc) is 2.88. The molecule has 2 aliphatic rings. The Labute approximate surface area is 122 Å². The molecule has 0 aromatic rings. The van der Waals surface area contributed by atoms with E-state index < -0.39 is 0 Å². The first-order valence-electron chi connectivity index (χ1n) is 7.26. The van der Waals surface area contributed by atoms with Crippen molar-refractivity contribution >= 4 is 18.3 Å². The van der Waals surface area contributed by atoms with Crippen molar-refractivity contribution in [2.75, 3.05) is 13.2 Å². The molecule has 0 radical (unpaired) electrons. The molecule has 3 atom stereocenters. The van der Waals surface area contributed by atoms with Crippen molar-refractivity contribution in [3.05, 3.63) is 0 Å². The van der Waals surface area contributed by atoms with Gasteiger partial charge in [-0.05, 0) is 26.2 Å². The number of nitrogens with one attached hydrogen (secondary N) is 1. The number of amides is 1. The monoisotopic (exact) mass is 290 g/mol. The van der Waals surface area contributed by atoms with Crippen LogP contribution >= 0.6 is 12.4 Å². The van der Waals surface area contributed by atoms with Gasteiger partial charge in [0, 0.05) is 30.5 Å². The van der Waals surface area contributed by atoms with E-state index in [4.69, 9.17) is 10.5 Å². The summed E-state index contributed by atoms with van der Waals surface area (Å²) in [7, 11) is 0. The fourth-order valence-electron chi connectivity index (χ4n) is 3.51. The van der Waals surface area contributed by atoms with E-state index in [-0.39, 0.29) is 29.6 Å². The summed E-state index contributed by atoms with van der Waals surface area (Å²) in [6, 6.07) is 0.304. The Morgan fingerprint density at radius 2 is 2.11 bits per heavy atom. The second-order valence-corrected chi connectivity index (χ2v) is 5.82. The maximum Gasteiger partial charge on any atom is 0.224 e. The third-order valence-electron chi connectivity index (χ3n) is 4.80. The van der Waals surface area contributed by atoms with Crippen LogP contribution in [-0.4, -0.2) is 31.2 Å². The van der Waals surface area contributed by atoms with Crippen molar-refractivity contribution in [2.45, 2.75) is 58.1 Å². The van der Waals surface area contributed by atoms with Crippen molar-refractivity contribution in [2.24, 2.45) is 17.1 Å². The molecule has 0 bridgehead atoms. The first-order valence-corrected chi connectivity index (χ1v) is 7.26. The molecule has 0 saturated heterocycles. The molecule has 2 aliphatic carbocycles. The van der Waals surface area contributed by atoms with Crippen LogP contribution in [0.3, 0.4) is 0 Å². The summed E-state index contributed by atoms with van der Waals surface area (Å²) < 4.78 is 5.84. The lowest BCUT2D eigenvalue weighted by atomic mass is 9.60. The molecule has 1 spiro atoms. The van der Waals surface area contributed by atoms with Crippen molar-refractivity contribution < 1.29 is 9.53 Å². The zero-order valence-corrected chi connectivity index (χ0v) is 12.8. The van der Waals surface area contributed by atoms with Crippen LogP contribution in [0.15, 0.2) is 0 Å². The minimum atomic E-state index is -0.0883. The summed E-state index contributed by atoms with van der Waals surface area (Å²) in [5.74, 6) is 0.0123. The van der Waals surface area contributed by atoms with Crippen LogP contribution in [0.25, 0.3) is 0 Å². The van der Waals surface area contributed by atoms with Crippen molar-refractivity contribution in [1.82, 2.24) is 5.32 Å². The molecule has 4 nitrogen and oxygen atoms in total. The fourth-order valence-corrected chi connectivity index (χ4v) is 3.51. The summed E-state index contributed by atoms with van der Waals surface area (Å²) >= 11 is 0. The summed E-state index contributed by atoms with van der Waals surface area (Å²) in [5, 5.41) is 3.19. The minimum Gasteiger partial charge on any atom is -0.378 e. The average molecular weight is 291 g/mol. The topological polar surface area (TPSA) is 64.3 Å². The highest BCUT2D eigenvalue weighted by Gasteiger charge is 2.57. The summed E-state index contributed by atoms with van der Waals surface area (Å²) in [6.45, 7) is 5.12. The van der Waals surface area contributed by atoms with Crippen LogP contribution in [0.2, 0.25) is 0 Å². The predicted octanol–water partition coefficient (Wildman–Crippen LogP) is 1.86. The normalized spacial score (nSPS) is 29.4. The molecule has 0 aromatic carbocycles. The molecule has 5 heteroatoms. The number of rotatable bonds is 5. The van der Waals surface area contributed by atoms with Gasteiger partial charge in [-0.1, -0.05) is 19.8 Å². The Kier molecular flexibility index (Phi) is 6.09. The molecule has 19 heavy (non-hydrogen) atoms. The molecular formula is C14H27ClN2O2. The molecule has 0 heterocycles. The predicted molar refractivity (Wildman–Crippen MR) is 78.3 cm³/mol. The van der Waals surface area contributed by atoms with Gasteiger partial charge >= 0.3 is 0 Å². The van der Waals surface area contributed by atoms with E-state index in [1.165, 1.54) is 25.7 Å².